The van der Waals surface area contributed by atoms with Crippen LogP contribution in [0.25, 0.3) is 0 Å². The standard InChI is InChI=1S/C10H16N2OS/c1-3-4-5-9-11-8(7-13-2)6-10(14)12-9/h6H,3-5,7H2,1-2H3,(H,11,12,14). The predicted molar refractivity (Wildman–Crippen MR) is 58.7 cm³/mol. The lowest BCUT2D eigenvalue weighted by atomic mass is 10.2. The van der Waals surface area contributed by atoms with Crippen molar-refractivity contribution in [2.75, 3.05) is 7.11 Å². The highest BCUT2D eigenvalue weighted by Gasteiger charge is 1.98. The zero-order valence-electron chi connectivity index (χ0n) is 8.67. The molecule has 0 fully saturated rings. The maximum absolute atomic E-state index is 5.07. The van der Waals surface area contributed by atoms with Gasteiger partial charge >= 0.3 is 0 Å². The van der Waals surface area contributed by atoms with E-state index in [1.807, 2.05) is 6.07 Å². The molecule has 0 atom stereocenters. The van der Waals surface area contributed by atoms with Gasteiger partial charge in [0.1, 0.15) is 10.5 Å². The van der Waals surface area contributed by atoms with Gasteiger partial charge in [0.05, 0.1) is 6.61 Å². The van der Waals surface area contributed by atoms with Crippen molar-refractivity contribution in [1.29, 1.82) is 0 Å². The zero-order valence-corrected chi connectivity index (χ0v) is 9.49. The highest BCUT2D eigenvalue weighted by atomic mass is 32.1. The molecule has 1 aromatic rings. The van der Waals surface area contributed by atoms with Crippen LogP contribution in [0.3, 0.4) is 0 Å². The third kappa shape index (κ3) is 3.55. The zero-order chi connectivity index (χ0) is 10.4. The molecule has 1 N–H and O–H groups in total. The van der Waals surface area contributed by atoms with Gasteiger partial charge in [-0.25, -0.2) is 4.98 Å². The SMILES string of the molecule is CCCCc1nc(=S)cc(COC)[nH]1. The smallest absolute Gasteiger partial charge is 0.130 e. The van der Waals surface area contributed by atoms with Gasteiger partial charge in [0, 0.05) is 19.2 Å². The molecule has 0 aromatic carbocycles. The Morgan fingerprint density at radius 1 is 1.57 bits per heavy atom. The number of ether oxygens (including phenoxy) is 1. The van der Waals surface area contributed by atoms with Crippen LogP contribution in [0.1, 0.15) is 31.3 Å². The monoisotopic (exact) mass is 212 g/mol. The van der Waals surface area contributed by atoms with E-state index in [0.29, 0.717) is 11.2 Å². The molecule has 1 rings (SSSR count). The molecular formula is C10H16N2OS. The number of hydrogen-bond acceptors (Lipinski definition) is 3. The average Bonchev–Trinajstić information content (AvgIpc) is 2.14. The van der Waals surface area contributed by atoms with E-state index in [0.717, 1.165) is 30.8 Å². The first-order valence-corrected chi connectivity index (χ1v) is 5.25. The minimum absolute atomic E-state index is 0.561. The van der Waals surface area contributed by atoms with Crippen molar-refractivity contribution in [3.05, 3.63) is 22.2 Å². The van der Waals surface area contributed by atoms with Crippen LogP contribution in [0.2, 0.25) is 0 Å². The van der Waals surface area contributed by atoms with Crippen LogP contribution in [-0.4, -0.2) is 17.1 Å². The largest absolute Gasteiger partial charge is 0.378 e. The van der Waals surface area contributed by atoms with Crippen LogP contribution >= 0.6 is 12.2 Å². The maximum Gasteiger partial charge on any atom is 0.130 e. The number of nitrogens with zero attached hydrogens (tertiary/aromatic N) is 1. The molecule has 1 aromatic heterocycles. The Kier molecular flexibility index (Phi) is 4.76. The molecule has 0 saturated heterocycles. The second kappa shape index (κ2) is 5.88. The highest BCUT2D eigenvalue weighted by Crippen LogP contribution is 2.03. The molecule has 0 aliphatic rings. The summed E-state index contributed by atoms with van der Waals surface area (Å²) in [6, 6.07) is 1.84. The van der Waals surface area contributed by atoms with E-state index in [9.17, 15) is 0 Å². The Morgan fingerprint density at radius 3 is 3.00 bits per heavy atom. The number of hydrogen-bond donors (Lipinski definition) is 1. The minimum Gasteiger partial charge on any atom is -0.378 e. The van der Waals surface area contributed by atoms with Gasteiger partial charge < -0.3 is 9.72 Å². The molecule has 0 radical (unpaired) electrons. The fourth-order valence-electron chi connectivity index (χ4n) is 1.26. The molecule has 0 bridgehead atoms. The van der Waals surface area contributed by atoms with Crippen LogP contribution < -0.4 is 0 Å². The summed E-state index contributed by atoms with van der Waals surface area (Å²) in [7, 11) is 1.67. The second-order valence-electron chi connectivity index (χ2n) is 3.23. The fraction of sp³-hybridized carbons (Fsp3) is 0.600. The first-order valence-electron chi connectivity index (χ1n) is 4.84. The van der Waals surface area contributed by atoms with E-state index < -0.39 is 0 Å². The summed E-state index contributed by atoms with van der Waals surface area (Å²) >= 11 is 5.07. The van der Waals surface area contributed by atoms with E-state index in [1.54, 1.807) is 7.11 Å². The lowest BCUT2D eigenvalue weighted by molar-refractivity contribution is 0.181. The van der Waals surface area contributed by atoms with Crippen LogP contribution in [0.5, 0.6) is 0 Å². The van der Waals surface area contributed by atoms with Crippen molar-refractivity contribution >= 4 is 12.2 Å². The molecule has 78 valence electrons. The van der Waals surface area contributed by atoms with Crippen LogP contribution in [0, 0.1) is 4.64 Å². The van der Waals surface area contributed by atoms with Crippen LogP contribution in [-0.2, 0) is 17.8 Å². The van der Waals surface area contributed by atoms with Gasteiger partial charge in [0.15, 0.2) is 0 Å². The molecule has 0 saturated carbocycles. The first kappa shape index (κ1) is 11.3. The van der Waals surface area contributed by atoms with Gasteiger partial charge in [-0.15, -0.1) is 0 Å². The maximum atomic E-state index is 5.07. The Bertz CT molecular complexity index is 335. The number of unbranched alkanes of at least 4 members (excludes halogenated alkanes) is 1. The third-order valence-electron chi connectivity index (χ3n) is 1.91. The average molecular weight is 212 g/mol. The molecule has 0 aliphatic heterocycles. The van der Waals surface area contributed by atoms with Crippen molar-refractivity contribution in [2.24, 2.45) is 0 Å². The number of H-pyrrole nitrogens is 1. The van der Waals surface area contributed by atoms with Gasteiger partial charge in [0.25, 0.3) is 0 Å². The summed E-state index contributed by atoms with van der Waals surface area (Å²) in [5.74, 6) is 0.964. The molecule has 4 heteroatoms. The second-order valence-corrected chi connectivity index (χ2v) is 3.65. The molecule has 14 heavy (non-hydrogen) atoms. The van der Waals surface area contributed by atoms with Crippen LogP contribution in [0.15, 0.2) is 6.07 Å². The molecular weight excluding hydrogens is 196 g/mol. The van der Waals surface area contributed by atoms with Gasteiger partial charge in [-0.05, 0) is 12.5 Å². The number of methoxy groups -OCH3 is 1. The molecule has 0 unspecified atom stereocenters. The Labute approximate surface area is 89.5 Å². The topological polar surface area (TPSA) is 37.9 Å². The normalized spacial score (nSPS) is 10.4. The van der Waals surface area contributed by atoms with Crippen LogP contribution in [0.4, 0.5) is 0 Å². The van der Waals surface area contributed by atoms with Crippen molar-refractivity contribution in [3.63, 3.8) is 0 Å². The predicted octanol–water partition coefficient (Wildman–Crippen LogP) is 2.63. The summed E-state index contributed by atoms with van der Waals surface area (Å²) in [5, 5.41) is 0. The molecule has 3 nitrogen and oxygen atoms in total. The third-order valence-corrected chi connectivity index (χ3v) is 2.12. The number of aromatic nitrogens is 2. The Hall–Kier alpha value is -0.740. The van der Waals surface area contributed by atoms with E-state index >= 15 is 0 Å². The number of nitrogens with one attached hydrogen (secondary N) is 1. The quantitative estimate of drug-likeness (QED) is 0.762. The number of aromatic amines is 1. The Balaban J connectivity index is 2.78. The van der Waals surface area contributed by atoms with Gasteiger partial charge in [0.2, 0.25) is 0 Å². The van der Waals surface area contributed by atoms with Crippen molar-refractivity contribution in [1.82, 2.24) is 9.97 Å². The number of aryl methyl sites for hydroxylation is 1. The van der Waals surface area contributed by atoms with E-state index in [-0.39, 0.29) is 0 Å². The summed E-state index contributed by atoms with van der Waals surface area (Å²) in [5.41, 5.74) is 0.999. The summed E-state index contributed by atoms with van der Waals surface area (Å²) in [6.07, 6.45) is 3.25. The summed E-state index contributed by atoms with van der Waals surface area (Å²) in [4.78, 5) is 7.48. The summed E-state index contributed by atoms with van der Waals surface area (Å²) < 4.78 is 5.68. The molecule has 0 amide bonds. The van der Waals surface area contributed by atoms with E-state index in [2.05, 4.69) is 16.9 Å². The van der Waals surface area contributed by atoms with Crippen molar-refractivity contribution in [2.45, 2.75) is 32.8 Å². The van der Waals surface area contributed by atoms with E-state index in [4.69, 9.17) is 17.0 Å². The van der Waals surface area contributed by atoms with Gasteiger partial charge in [-0.3, -0.25) is 0 Å². The molecule has 0 aliphatic carbocycles. The lowest BCUT2D eigenvalue weighted by Crippen LogP contribution is -2.00. The Morgan fingerprint density at radius 2 is 2.36 bits per heavy atom. The molecule has 0 spiro atoms. The van der Waals surface area contributed by atoms with Gasteiger partial charge in [-0.2, -0.15) is 0 Å². The highest BCUT2D eigenvalue weighted by molar-refractivity contribution is 7.71. The number of rotatable bonds is 5. The van der Waals surface area contributed by atoms with E-state index in [1.165, 1.54) is 0 Å². The minimum atomic E-state index is 0.561. The summed E-state index contributed by atoms with van der Waals surface area (Å²) in [6.45, 7) is 2.72. The van der Waals surface area contributed by atoms with Crippen molar-refractivity contribution < 1.29 is 4.74 Å². The molecule has 1 heterocycles. The van der Waals surface area contributed by atoms with Crippen molar-refractivity contribution in [3.8, 4) is 0 Å². The first-order chi connectivity index (χ1) is 6.76. The lowest BCUT2D eigenvalue weighted by Gasteiger charge is -2.04. The van der Waals surface area contributed by atoms with Gasteiger partial charge in [-0.1, -0.05) is 25.6 Å². The fourth-order valence-corrected chi connectivity index (χ4v) is 1.51.